The van der Waals surface area contributed by atoms with E-state index in [2.05, 4.69) is 15.6 Å². The number of nitrogens with zero attached hydrogens (tertiary/aromatic N) is 1. The molecule has 1 atom stereocenters. The summed E-state index contributed by atoms with van der Waals surface area (Å²) in [6.45, 7) is 1.79. The number of rotatable bonds is 3. The molecule has 0 aliphatic rings. The minimum atomic E-state index is -0.360. The lowest BCUT2D eigenvalue weighted by molar-refractivity contribution is 0.249. The number of aromatic nitrogens is 1. The summed E-state index contributed by atoms with van der Waals surface area (Å²) in [6, 6.07) is 5.50. The third-order valence-corrected chi connectivity index (χ3v) is 3.04. The molecule has 0 saturated heterocycles. The second-order valence-corrected chi connectivity index (χ2v) is 4.61. The molecule has 0 saturated carbocycles. The van der Waals surface area contributed by atoms with Crippen molar-refractivity contribution in [1.82, 2.24) is 10.3 Å². The van der Waals surface area contributed by atoms with Crippen LogP contribution in [0, 0.1) is 5.82 Å². The molecular formula is C12H12FN3OS. The van der Waals surface area contributed by atoms with Crippen molar-refractivity contribution < 1.29 is 9.18 Å². The molecule has 4 nitrogen and oxygen atoms in total. The van der Waals surface area contributed by atoms with Crippen molar-refractivity contribution >= 4 is 22.5 Å². The van der Waals surface area contributed by atoms with Gasteiger partial charge in [0.25, 0.3) is 0 Å². The number of urea groups is 1. The van der Waals surface area contributed by atoms with Gasteiger partial charge in [-0.05, 0) is 24.6 Å². The van der Waals surface area contributed by atoms with Crippen LogP contribution in [-0.4, -0.2) is 11.0 Å². The molecule has 0 aliphatic heterocycles. The second-order valence-electron chi connectivity index (χ2n) is 3.71. The number of benzene rings is 1. The molecule has 1 aromatic carbocycles. The predicted octanol–water partition coefficient (Wildman–Crippen LogP) is 3.16. The highest BCUT2D eigenvalue weighted by Gasteiger charge is 2.10. The number of carbonyl (C=O) groups is 1. The highest BCUT2D eigenvalue weighted by Crippen LogP contribution is 2.14. The van der Waals surface area contributed by atoms with E-state index in [4.69, 9.17) is 0 Å². The van der Waals surface area contributed by atoms with E-state index in [1.807, 2.05) is 0 Å². The standard InChI is InChI=1S/C12H12FN3OS/c1-8(9-3-2-4-10(13)7-9)15-11(17)16-12-14-5-6-18-12/h2-8H,1H3,(H2,14,15,16,17)/t8-/m0/s1. The van der Waals surface area contributed by atoms with E-state index in [9.17, 15) is 9.18 Å². The number of anilines is 1. The lowest BCUT2D eigenvalue weighted by Gasteiger charge is -2.14. The van der Waals surface area contributed by atoms with Gasteiger partial charge in [0.2, 0.25) is 0 Å². The van der Waals surface area contributed by atoms with Gasteiger partial charge in [-0.25, -0.2) is 14.2 Å². The van der Waals surface area contributed by atoms with E-state index in [-0.39, 0.29) is 17.9 Å². The van der Waals surface area contributed by atoms with Gasteiger partial charge in [-0.2, -0.15) is 0 Å². The van der Waals surface area contributed by atoms with Crippen LogP contribution in [0.1, 0.15) is 18.5 Å². The van der Waals surface area contributed by atoms with Gasteiger partial charge in [0.1, 0.15) is 5.82 Å². The molecule has 6 heteroatoms. The van der Waals surface area contributed by atoms with Gasteiger partial charge in [0.15, 0.2) is 5.13 Å². The van der Waals surface area contributed by atoms with Crippen molar-refractivity contribution in [3.05, 3.63) is 47.2 Å². The number of carbonyl (C=O) groups excluding carboxylic acids is 1. The molecule has 1 aromatic heterocycles. The maximum atomic E-state index is 13.0. The third kappa shape index (κ3) is 3.27. The first-order valence-corrected chi connectivity index (χ1v) is 6.25. The Morgan fingerprint density at radius 3 is 3.00 bits per heavy atom. The number of thiazole rings is 1. The number of nitrogens with one attached hydrogen (secondary N) is 2. The van der Waals surface area contributed by atoms with Gasteiger partial charge in [-0.3, -0.25) is 5.32 Å². The van der Waals surface area contributed by atoms with Crippen LogP contribution in [0.15, 0.2) is 35.8 Å². The molecule has 0 bridgehead atoms. The lowest BCUT2D eigenvalue weighted by atomic mass is 10.1. The number of amides is 2. The summed E-state index contributed by atoms with van der Waals surface area (Å²) >= 11 is 1.33. The summed E-state index contributed by atoms with van der Waals surface area (Å²) < 4.78 is 13.0. The van der Waals surface area contributed by atoms with Crippen molar-refractivity contribution in [1.29, 1.82) is 0 Å². The molecule has 18 heavy (non-hydrogen) atoms. The Morgan fingerprint density at radius 2 is 2.33 bits per heavy atom. The smallest absolute Gasteiger partial charge is 0.321 e. The quantitative estimate of drug-likeness (QED) is 0.895. The molecule has 0 aliphatic carbocycles. The normalized spacial score (nSPS) is 11.9. The topological polar surface area (TPSA) is 54.0 Å². The van der Waals surface area contributed by atoms with Crippen molar-refractivity contribution in [2.24, 2.45) is 0 Å². The van der Waals surface area contributed by atoms with Crippen LogP contribution in [-0.2, 0) is 0 Å². The van der Waals surface area contributed by atoms with Crippen molar-refractivity contribution in [3.63, 3.8) is 0 Å². The molecule has 0 spiro atoms. The van der Waals surface area contributed by atoms with E-state index in [1.165, 1.54) is 23.5 Å². The molecule has 2 aromatic rings. The van der Waals surface area contributed by atoms with Crippen molar-refractivity contribution in [3.8, 4) is 0 Å². The summed E-state index contributed by atoms with van der Waals surface area (Å²) in [7, 11) is 0. The van der Waals surface area contributed by atoms with Crippen molar-refractivity contribution in [2.45, 2.75) is 13.0 Å². The Hall–Kier alpha value is -1.95. The number of halogens is 1. The fourth-order valence-electron chi connectivity index (χ4n) is 1.47. The second kappa shape index (κ2) is 5.59. The Balaban J connectivity index is 1.95. The minimum Gasteiger partial charge on any atom is -0.331 e. The van der Waals surface area contributed by atoms with Crippen LogP contribution in [0.3, 0.4) is 0 Å². The summed E-state index contributed by atoms with van der Waals surface area (Å²) in [5.74, 6) is -0.318. The molecule has 0 radical (unpaired) electrons. The summed E-state index contributed by atoms with van der Waals surface area (Å²) in [5, 5.41) is 7.61. The molecule has 94 valence electrons. The number of hydrogen-bond acceptors (Lipinski definition) is 3. The summed E-state index contributed by atoms with van der Waals surface area (Å²) in [5.41, 5.74) is 0.712. The third-order valence-electron chi connectivity index (χ3n) is 2.35. The predicted molar refractivity (Wildman–Crippen MR) is 69.1 cm³/mol. The van der Waals surface area contributed by atoms with Gasteiger partial charge >= 0.3 is 6.03 Å². The first-order chi connectivity index (χ1) is 8.65. The van der Waals surface area contributed by atoms with E-state index < -0.39 is 0 Å². The minimum absolute atomic E-state index is 0.277. The van der Waals surface area contributed by atoms with Crippen LogP contribution in [0.4, 0.5) is 14.3 Å². The van der Waals surface area contributed by atoms with Crippen LogP contribution < -0.4 is 10.6 Å². The average Bonchev–Trinajstić information content (AvgIpc) is 2.81. The maximum absolute atomic E-state index is 13.0. The summed E-state index contributed by atoms with van der Waals surface area (Å²) in [6.07, 6.45) is 1.61. The average molecular weight is 265 g/mol. The van der Waals surface area contributed by atoms with Crippen molar-refractivity contribution in [2.75, 3.05) is 5.32 Å². The zero-order valence-electron chi connectivity index (χ0n) is 9.68. The molecule has 2 amide bonds. The maximum Gasteiger partial charge on any atom is 0.321 e. The fraction of sp³-hybridized carbons (Fsp3) is 0.167. The van der Waals surface area contributed by atoms with Gasteiger partial charge in [0, 0.05) is 11.6 Å². The molecule has 2 rings (SSSR count). The highest BCUT2D eigenvalue weighted by atomic mass is 32.1. The largest absolute Gasteiger partial charge is 0.331 e. The van der Waals surface area contributed by atoms with E-state index in [0.29, 0.717) is 10.7 Å². The van der Waals surface area contributed by atoms with Gasteiger partial charge in [-0.15, -0.1) is 11.3 Å². The molecule has 1 heterocycles. The Bertz CT molecular complexity index is 530. The van der Waals surface area contributed by atoms with Crippen LogP contribution in [0.5, 0.6) is 0 Å². The Labute approximate surface area is 108 Å². The molecule has 0 unspecified atom stereocenters. The van der Waals surface area contributed by atoms with E-state index in [0.717, 1.165) is 0 Å². The summed E-state index contributed by atoms with van der Waals surface area (Å²) in [4.78, 5) is 15.6. The highest BCUT2D eigenvalue weighted by molar-refractivity contribution is 7.13. The zero-order valence-corrected chi connectivity index (χ0v) is 10.5. The van der Waals surface area contributed by atoms with Gasteiger partial charge in [0.05, 0.1) is 6.04 Å². The fourth-order valence-corrected chi connectivity index (χ4v) is 2.00. The Morgan fingerprint density at radius 1 is 1.50 bits per heavy atom. The first kappa shape index (κ1) is 12.5. The molecular weight excluding hydrogens is 253 g/mol. The SMILES string of the molecule is C[C@H](NC(=O)Nc1nccs1)c1cccc(F)c1. The van der Waals surface area contributed by atoms with Gasteiger partial charge in [-0.1, -0.05) is 12.1 Å². The lowest BCUT2D eigenvalue weighted by Crippen LogP contribution is -2.31. The van der Waals surface area contributed by atoms with Crippen LogP contribution >= 0.6 is 11.3 Å². The number of hydrogen-bond donors (Lipinski definition) is 2. The molecule has 2 N–H and O–H groups in total. The van der Waals surface area contributed by atoms with Crippen LogP contribution in [0.25, 0.3) is 0 Å². The van der Waals surface area contributed by atoms with E-state index in [1.54, 1.807) is 30.6 Å². The van der Waals surface area contributed by atoms with Gasteiger partial charge < -0.3 is 5.32 Å². The van der Waals surface area contributed by atoms with E-state index >= 15 is 0 Å². The zero-order chi connectivity index (χ0) is 13.0. The van der Waals surface area contributed by atoms with Crippen LogP contribution in [0.2, 0.25) is 0 Å². The monoisotopic (exact) mass is 265 g/mol. The first-order valence-electron chi connectivity index (χ1n) is 5.37. The molecule has 0 fully saturated rings. The Kier molecular flexibility index (Phi) is 3.88.